The van der Waals surface area contributed by atoms with E-state index in [2.05, 4.69) is 46.1 Å². The van der Waals surface area contributed by atoms with Gasteiger partial charge in [-0.25, -0.2) is 0 Å². The number of nitrogens with one attached hydrogen (secondary N) is 1. The Morgan fingerprint density at radius 2 is 1.78 bits per heavy atom. The molecule has 0 aromatic heterocycles. The van der Waals surface area contributed by atoms with Gasteiger partial charge in [0.15, 0.2) is 5.78 Å². The number of hydrogen-bond acceptors (Lipinski definition) is 3. The van der Waals surface area contributed by atoms with Crippen molar-refractivity contribution in [3.63, 3.8) is 0 Å². The summed E-state index contributed by atoms with van der Waals surface area (Å²) in [5.41, 5.74) is 3.91. The first-order valence-electron chi connectivity index (χ1n) is 10.5. The third kappa shape index (κ3) is 4.62. The van der Waals surface area contributed by atoms with Gasteiger partial charge >= 0.3 is 0 Å². The molecule has 1 unspecified atom stereocenters. The summed E-state index contributed by atoms with van der Waals surface area (Å²) in [4.78, 5) is 27.6. The number of rotatable bonds is 8. The molecule has 1 atom stereocenters. The molecule has 0 radical (unpaired) electrons. The summed E-state index contributed by atoms with van der Waals surface area (Å²) in [7, 11) is 0. The third-order valence-electron chi connectivity index (χ3n) is 5.83. The van der Waals surface area contributed by atoms with E-state index in [0.717, 1.165) is 65.7 Å². The second-order valence-electron chi connectivity index (χ2n) is 7.91. The van der Waals surface area contributed by atoms with Crippen molar-refractivity contribution in [2.75, 3.05) is 25.0 Å². The lowest BCUT2D eigenvalue weighted by Crippen LogP contribution is -2.37. The average molecular weight is 435 g/mol. The second kappa shape index (κ2) is 9.33. The van der Waals surface area contributed by atoms with Crippen LogP contribution in [-0.2, 0) is 17.6 Å². The van der Waals surface area contributed by atoms with E-state index in [9.17, 15) is 9.59 Å². The van der Waals surface area contributed by atoms with Crippen molar-refractivity contribution in [1.29, 1.82) is 0 Å². The number of Topliss-reactive ketones (excluding diaryl/α,β-unsaturated/α-hetero) is 1. The maximum atomic E-state index is 13.3. The number of anilines is 1. The van der Waals surface area contributed by atoms with Gasteiger partial charge in [-0.15, -0.1) is 0 Å². The topological polar surface area (TPSA) is 49.4 Å². The number of carbonyl (C=O) groups is 2. The van der Waals surface area contributed by atoms with E-state index in [-0.39, 0.29) is 17.6 Å². The fourth-order valence-corrected chi connectivity index (χ4v) is 5.02. The Kier molecular flexibility index (Phi) is 7.10. The molecule has 27 heavy (non-hydrogen) atoms. The predicted octanol–water partition coefficient (Wildman–Crippen LogP) is 4.98. The Hall–Kier alpha value is -1.20. The highest BCUT2D eigenvalue weighted by molar-refractivity contribution is 9.10. The lowest BCUT2D eigenvalue weighted by molar-refractivity contribution is -0.116. The van der Waals surface area contributed by atoms with Crippen molar-refractivity contribution in [3.05, 3.63) is 27.2 Å². The summed E-state index contributed by atoms with van der Waals surface area (Å²) in [6.07, 6.45) is 7.89. The Balaban J connectivity index is 1.80. The molecule has 1 aromatic carbocycles. The molecular weight excluding hydrogens is 404 g/mol. The Morgan fingerprint density at radius 1 is 1.07 bits per heavy atom. The van der Waals surface area contributed by atoms with Crippen molar-refractivity contribution < 1.29 is 9.59 Å². The standard InChI is InChI=1S/C22H31BrN2O2/c1-3-5-11-25(12-6-4-2)14-17-8-7-15-13-16-9-10-18(26)24-21(16)20(23)19(15)22(17)27/h13,17H,3-12,14H2,1-2H3,(H,24,26). The Morgan fingerprint density at radius 3 is 2.44 bits per heavy atom. The van der Waals surface area contributed by atoms with E-state index in [1.165, 1.54) is 25.7 Å². The number of carbonyl (C=O) groups excluding carboxylic acids is 2. The van der Waals surface area contributed by atoms with Crippen LogP contribution in [0.3, 0.4) is 0 Å². The lowest BCUT2D eigenvalue weighted by Gasteiger charge is -2.32. The minimum atomic E-state index is 0.0354. The Labute approximate surface area is 171 Å². The first kappa shape index (κ1) is 20.5. The highest BCUT2D eigenvalue weighted by Crippen LogP contribution is 2.40. The predicted molar refractivity (Wildman–Crippen MR) is 113 cm³/mol. The van der Waals surface area contributed by atoms with Gasteiger partial charge in [0.1, 0.15) is 0 Å². The number of halogens is 1. The van der Waals surface area contributed by atoms with E-state index >= 15 is 0 Å². The van der Waals surface area contributed by atoms with E-state index in [4.69, 9.17) is 0 Å². The van der Waals surface area contributed by atoms with E-state index in [1.807, 2.05) is 0 Å². The molecule has 0 bridgehead atoms. The van der Waals surface area contributed by atoms with Crippen molar-refractivity contribution in [2.24, 2.45) is 5.92 Å². The SMILES string of the molecule is CCCCN(CCCC)CC1CCc2cc3c(c(Br)c2C1=O)NC(=O)CC3. The molecule has 148 valence electrons. The lowest BCUT2D eigenvalue weighted by atomic mass is 9.80. The number of aryl methyl sites for hydroxylation is 2. The van der Waals surface area contributed by atoms with E-state index in [1.54, 1.807) is 0 Å². The summed E-state index contributed by atoms with van der Waals surface area (Å²) in [6, 6.07) is 2.15. The van der Waals surface area contributed by atoms with Crippen LogP contribution < -0.4 is 5.32 Å². The number of benzene rings is 1. The molecular formula is C22H31BrN2O2. The first-order chi connectivity index (χ1) is 13.0. The monoisotopic (exact) mass is 434 g/mol. The van der Waals surface area contributed by atoms with Crippen LogP contribution in [0.4, 0.5) is 5.69 Å². The van der Waals surface area contributed by atoms with E-state index in [0.29, 0.717) is 6.42 Å². The minimum absolute atomic E-state index is 0.0354. The van der Waals surface area contributed by atoms with Gasteiger partial charge in [-0.3, -0.25) is 9.59 Å². The number of nitrogens with zero attached hydrogens (tertiary/aromatic N) is 1. The van der Waals surface area contributed by atoms with Crippen LogP contribution >= 0.6 is 15.9 Å². The minimum Gasteiger partial charge on any atom is -0.325 e. The summed E-state index contributed by atoms with van der Waals surface area (Å²) < 4.78 is 0.798. The summed E-state index contributed by atoms with van der Waals surface area (Å²) in [5, 5.41) is 2.96. The molecule has 1 aromatic rings. The average Bonchev–Trinajstić information content (AvgIpc) is 2.66. The molecule has 1 heterocycles. The van der Waals surface area contributed by atoms with Gasteiger partial charge in [0.25, 0.3) is 0 Å². The molecule has 4 nitrogen and oxygen atoms in total. The van der Waals surface area contributed by atoms with Crippen LogP contribution in [0, 0.1) is 5.92 Å². The normalized spacial score (nSPS) is 19.0. The number of amides is 1. The van der Waals surface area contributed by atoms with E-state index < -0.39 is 0 Å². The Bertz CT molecular complexity index is 709. The highest BCUT2D eigenvalue weighted by Gasteiger charge is 2.33. The highest BCUT2D eigenvalue weighted by atomic mass is 79.9. The maximum absolute atomic E-state index is 13.3. The molecule has 1 N–H and O–H groups in total. The molecule has 1 aliphatic carbocycles. The van der Waals surface area contributed by atoms with Crippen LogP contribution in [0.2, 0.25) is 0 Å². The van der Waals surface area contributed by atoms with Crippen molar-refractivity contribution in [1.82, 2.24) is 4.90 Å². The van der Waals surface area contributed by atoms with Crippen LogP contribution in [0.25, 0.3) is 0 Å². The number of fused-ring (bicyclic) bond motifs is 2. The molecule has 0 fully saturated rings. The smallest absolute Gasteiger partial charge is 0.224 e. The van der Waals surface area contributed by atoms with Crippen LogP contribution in [0.15, 0.2) is 10.5 Å². The molecule has 1 amide bonds. The van der Waals surface area contributed by atoms with Gasteiger partial charge in [0, 0.05) is 24.4 Å². The zero-order valence-electron chi connectivity index (χ0n) is 16.6. The van der Waals surface area contributed by atoms with Gasteiger partial charge < -0.3 is 10.2 Å². The maximum Gasteiger partial charge on any atom is 0.224 e. The molecule has 1 aliphatic heterocycles. The van der Waals surface area contributed by atoms with Crippen molar-refractivity contribution >= 4 is 33.3 Å². The van der Waals surface area contributed by atoms with Gasteiger partial charge in [0.2, 0.25) is 5.91 Å². The molecule has 0 saturated carbocycles. The van der Waals surface area contributed by atoms with Gasteiger partial charge in [0.05, 0.1) is 10.2 Å². The molecule has 0 saturated heterocycles. The van der Waals surface area contributed by atoms with Crippen LogP contribution in [-0.4, -0.2) is 36.2 Å². The number of hydrogen-bond donors (Lipinski definition) is 1. The summed E-state index contributed by atoms with van der Waals surface area (Å²) in [5.74, 6) is 0.330. The molecule has 0 spiro atoms. The summed E-state index contributed by atoms with van der Waals surface area (Å²) in [6.45, 7) is 7.44. The van der Waals surface area contributed by atoms with Crippen LogP contribution in [0.5, 0.6) is 0 Å². The molecule has 5 heteroatoms. The number of ketones is 1. The summed E-state index contributed by atoms with van der Waals surface area (Å²) >= 11 is 3.65. The zero-order chi connectivity index (χ0) is 19.4. The first-order valence-corrected chi connectivity index (χ1v) is 11.2. The largest absolute Gasteiger partial charge is 0.325 e. The molecule has 2 aliphatic rings. The second-order valence-corrected chi connectivity index (χ2v) is 8.71. The van der Waals surface area contributed by atoms with Crippen molar-refractivity contribution in [2.45, 2.75) is 65.2 Å². The molecule has 3 rings (SSSR count). The van der Waals surface area contributed by atoms with Gasteiger partial charge in [-0.1, -0.05) is 32.8 Å². The van der Waals surface area contributed by atoms with Gasteiger partial charge in [-0.2, -0.15) is 0 Å². The zero-order valence-corrected chi connectivity index (χ0v) is 18.2. The van der Waals surface area contributed by atoms with Gasteiger partial charge in [-0.05, 0) is 72.3 Å². The third-order valence-corrected chi connectivity index (χ3v) is 6.62. The van der Waals surface area contributed by atoms with Crippen molar-refractivity contribution in [3.8, 4) is 0 Å². The fraction of sp³-hybridized carbons (Fsp3) is 0.636. The van der Waals surface area contributed by atoms with Crippen LogP contribution in [0.1, 0.15) is 73.9 Å². The fourth-order valence-electron chi connectivity index (χ4n) is 4.22. The quantitative estimate of drug-likeness (QED) is 0.627. The number of unbranched alkanes of at least 4 members (excludes halogenated alkanes) is 2.